The molecule has 0 unspecified atom stereocenters. The third kappa shape index (κ3) is 3.41. The molecule has 1 aromatic carbocycles. The first-order valence-corrected chi connectivity index (χ1v) is 8.73. The van der Waals surface area contributed by atoms with Crippen molar-refractivity contribution in [1.29, 1.82) is 0 Å². The first-order valence-electron chi connectivity index (χ1n) is 8.73. The van der Waals surface area contributed by atoms with Gasteiger partial charge in [-0.15, -0.1) is 0 Å². The molecule has 1 aliphatic heterocycles. The second-order valence-corrected chi connectivity index (χ2v) is 6.53. The van der Waals surface area contributed by atoms with E-state index < -0.39 is 35.4 Å². The van der Waals surface area contributed by atoms with Crippen LogP contribution in [0.5, 0.6) is 0 Å². The van der Waals surface area contributed by atoms with Gasteiger partial charge in [-0.1, -0.05) is 0 Å². The number of imidazole rings is 1. The minimum Gasteiger partial charge on any atom is -0.459 e. The summed E-state index contributed by atoms with van der Waals surface area (Å²) in [7, 11) is 0. The molecular weight excluding hydrogens is 400 g/mol. The van der Waals surface area contributed by atoms with Gasteiger partial charge in [-0.25, -0.2) is 19.7 Å². The van der Waals surface area contributed by atoms with Crippen LogP contribution in [0, 0.1) is 10.1 Å². The number of fused-ring (bicyclic) bond motifs is 1. The van der Waals surface area contributed by atoms with E-state index in [-0.39, 0.29) is 23.7 Å². The standard InChI is InChI=1S/C17H16N6O7/c18-14-11-15(20-6-19-14)22(7-21-11)16-13(25)12(24)10(30-16)5-29-17(26)8-1-3-9(4-2-8)23(27)28/h1-4,6-7,10,12-13,16,24-25H,5H2,(H2,18,19,20)/t10-,12-,13-,16-/m1/s1. The fourth-order valence-electron chi connectivity index (χ4n) is 3.11. The van der Waals surface area contributed by atoms with Crippen molar-refractivity contribution >= 4 is 28.6 Å². The number of nitro benzene ring substituents is 1. The van der Waals surface area contributed by atoms with Crippen molar-refractivity contribution in [3.8, 4) is 0 Å². The smallest absolute Gasteiger partial charge is 0.338 e. The van der Waals surface area contributed by atoms with Gasteiger partial charge in [0, 0.05) is 12.1 Å². The number of hydrogen-bond acceptors (Lipinski definition) is 11. The predicted molar refractivity (Wildman–Crippen MR) is 99.0 cm³/mol. The Morgan fingerprint density at radius 1 is 1.23 bits per heavy atom. The summed E-state index contributed by atoms with van der Waals surface area (Å²) >= 11 is 0. The number of nitrogen functional groups attached to an aromatic ring is 1. The molecule has 13 nitrogen and oxygen atoms in total. The minimum absolute atomic E-state index is 0.0953. The molecule has 156 valence electrons. The summed E-state index contributed by atoms with van der Waals surface area (Å²) in [6.07, 6.45) is -2.18. The monoisotopic (exact) mass is 416 g/mol. The van der Waals surface area contributed by atoms with Crippen LogP contribution < -0.4 is 5.73 Å². The first kappa shape index (κ1) is 19.6. The zero-order valence-corrected chi connectivity index (χ0v) is 15.2. The molecular formula is C17H16N6O7. The lowest BCUT2D eigenvalue weighted by Crippen LogP contribution is -2.34. The van der Waals surface area contributed by atoms with Crippen molar-refractivity contribution in [1.82, 2.24) is 19.5 Å². The second-order valence-electron chi connectivity index (χ2n) is 6.53. The third-order valence-corrected chi connectivity index (χ3v) is 4.69. The van der Waals surface area contributed by atoms with E-state index in [0.717, 1.165) is 0 Å². The summed E-state index contributed by atoms with van der Waals surface area (Å²) in [5, 5.41) is 31.4. The van der Waals surface area contributed by atoms with Crippen molar-refractivity contribution in [3.63, 3.8) is 0 Å². The van der Waals surface area contributed by atoms with Gasteiger partial charge in [-0.05, 0) is 12.1 Å². The number of non-ortho nitro benzene ring substituents is 1. The van der Waals surface area contributed by atoms with Gasteiger partial charge in [0.05, 0.1) is 16.8 Å². The Hall–Kier alpha value is -3.68. The number of anilines is 1. The van der Waals surface area contributed by atoms with Gasteiger partial charge in [0.15, 0.2) is 17.7 Å². The molecule has 4 rings (SSSR count). The number of benzene rings is 1. The number of carbonyl (C=O) groups is 1. The maximum atomic E-state index is 12.2. The summed E-state index contributed by atoms with van der Waals surface area (Å²) in [5.74, 6) is -0.604. The number of aliphatic hydroxyl groups excluding tert-OH is 2. The second kappa shape index (κ2) is 7.62. The van der Waals surface area contributed by atoms with Crippen LogP contribution in [0.1, 0.15) is 16.6 Å². The molecule has 4 atom stereocenters. The molecule has 0 spiro atoms. The van der Waals surface area contributed by atoms with Crippen molar-refractivity contribution in [3.05, 3.63) is 52.6 Å². The number of aromatic nitrogens is 4. The highest BCUT2D eigenvalue weighted by Crippen LogP contribution is 2.32. The highest BCUT2D eigenvalue weighted by atomic mass is 16.6. The summed E-state index contributed by atoms with van der Waals surface area (Å²) in [5.41, 5.74) is 6.30. The van der Waals surface area contributed by atoms with Crippen LogP contribution in [-0.2, 0) is 9.47 Å². The fourth-order valence-corrected chi connectivity index (χ4v) is 3.11. The molecule has 3 aromatic rings. The maximum Gasteiger partial charge on any atom is 0.338 e. The molecule has 0 bridgehead atoms. The van der Waals surface area contributed by atoms with Gasteiger partial charge in [0.2, 0.25) is 0 Å². The van der Waals surface area contributed by atoms with Crippen molar-refractivity contribution in [2.75, 3.05) is 12.3 Å². The normalized spacial score (nSPS) is 23.5. The fraction of sp³-hybridized carbons (Fsp3) is 0.294. The van der Waals surface area contributed by atoms with Gasteiger partial charge >= 0.3 is 5.97 Å². The molecule has 13 heteroatoms. The van der Waals surface area contributed by atoms with Crippen LogP contribution >= 0.6 is 0 Å². The molecule has 0 radical (unpaired) electrons. The highest BCUT2D eigenvalue weighted by molar-refractivity contribution is 5.89. The van der Waals surface area contributed by atoms with Gasteiger partial charge in [0.25, 0.3) is 5.69 Å². The molecule has 0 saturated carbocycles. The molecule has 0 aliphatic carbocycles. The number of ether oxygens (including phenoxy) is 2. The average Bonchev–Trinajstić information content (AvgIpc) is 3.29. The first-order chi connectivity index (χ1) is 14.4. The Morgan fingerprint density at radius 2 is 1.97 bits per heavy atom. The minimum atomic E-state index is -1.35. The molecule has 0 amide bonds. The van der Waals surface area contributed by atoms with Crippen LogP contribution in [-0.4, -0.2) is 65.5 Å². The number of rotatable bonds is 5. The lowest BCUT2D eigenvalue weighted by Gasteiger charge is -2.16. The van der Waals surface area contributed by atoms with Crippen LogP contribution in [0.2, 0.25) is 0 Å². The Balaban J connectivity index is 1.45. The number of nitrogens with two attached hydrogens (primary N) is 1. The third-order valence-electron chi connectivity index (χ3n) is 4.69. The van der Waals surface area contributed by atoms with Crippen LogP contribution in [0.25, 0.3) is 11.2 Å². The lowest BCUT2D eigenvalue weighted by atomic mass is 10.1. The molecule has 4 N–H and O–H groups in total. The zero-order chi connectivity index (χ0) is 21.4. The topological polar surface area (TPSA) is 189 Å². The molecule has 1 saturated heterocycles. The van der Waals surface area contributed by atoms with Crippen LogP contribution in [0.4, 0.5) is 11.5 Å². The van der Waals surface area contributed by atoms with E-state index in [0.29, 0.717) is 11.2 Å². The highest BCUT2D eigenvalue weighted by Gasteiger charge is 2.45. The van der Waals surface area contributed by atoms with Gasteiger partial charge in [-0.2, -0.15) is 0 Å². The number of aliphatic hydroxyl groups is 2. The number of esters is 1. The predicted octanol–water partition coefficient (Wildman–Crippen LogP) is -0.207. The quantitative estimate of drug-likeness (QED) is 0.283. The lowest BCUT2D eigenvalue weighted by molar-refractivity contribution is -0.384. The molecule has 30 heavy (non-hydrogen) atoms. The number of nitro groups is 1. The molecule has 1 fully saturated rings. The van der Waals surface area contributed by atoms with Crippen molar-refractivity contribution < 1.29 is 29.4 Å². The van der Waals surface area contributed by atoms with Gasteiger partial charge in [-0.3, -0.25) is 14.7 Å². The van der Waals surface area contributed by atoms with E-state index >= 15 is 0 Å². The summed E-state index contributed by atoms with van der Waals surface area (Å²) in [6.45, 7) is -0.353. The van der Waals surface area contributed by atoms with Crippen molar-refractivity contribution in [2.24, 2.45) is 0 Å². The summed E-state index contributed by atoms with van der Waals surface area (Å²) < 4.78 is 12.2. The van der Waals surface area contributed by atoms with E-state index in [1.54, 1.807) is 0 Å². The van der Waals surface area contributed by atoms with Gasteiger partial charge in [0.1, 0.15) is 36.8 Å². The molecule has 2 aromatic heterocycles. The van der Waals surface area contributed by atoms with Crippen LogP contribution in [0.3, 0.4) is 0 Å². The maximum absolute atomic E-state index is 12.2. The Morgan fingerprint density at radius 3 is 2.67 bits per heavy atom. The number of hydrogen-bond donors (Lipinski definition) is 3. The SMILES string of the molecule is Nc1ncnc2c1ncn2[C@@H]1O[C@H](COC(=O)c2ccc([N+](=O)[O-])cc2)[C@@H](O)[C@H]1O. The number of carbonyl (C=O) groups excluding carboxylic acids is 1. The van der Waals surface area contributed by atoms with Gasteiger partial charge < -0.3 is 25.4 Å². The van der Waals surface area contributed by atoms with E-state index in [1.807, 2.05) is 0 Å². The van der Waals surface area contributed by atoms with Crippen molar-refractivity contribution in [2.45, 2.75) is 24.5 Å². The van der Waals surface area contributed by atoms with E-state index in [4.69, 9.17) is 15.2 Å². The summed E-state index contributed by atoms with van der Waals surface area (Å²) in [4.78, 5) is 34.2. The van der Waals surface area contributed by atoms with E-state index in [1.165, 1.54) is 41.5 Å². The van der Waals surface area contributed by atoms with E-state index in [9.17, 15) is 25.1 Å². The Bertz CT molecular complexity index is 1100. The Labute approximate surface area is 167 Å². The summed E-state index contributed by atoms with van der Waals surface area (Å²) in [6, 6.07) is 4.86. The molecule has 1 aliphatic rings. The van der Waals surface area contributed by atoms with Crippen LogP contribution in [0.15, 0.2) is 36.9 Å². The van der Waals surface area contributed by atoms with E-state index in [2.05, 4.69) is 15.0 Å². The number of nitrogens with zero attached hydrogens (tertiary/aromatic N) is 5. The Kier molecular flexibility index (Phi) is 4.99. The largest absolute Gasteiger partial charge is 0.459 e. The zero-order valence-electron chi connectivity index (χ0n) is 15.2. The average molecular weight is 416 g/mol. The molecule has 3 heterocycles.